The van der Waals surface area contributed by atoms with Crippen molar-refractivity contribution in [1.29, 1.82) is 0 Å². The number of methoxy groups -OCH3 is 1. The maximum absolute atomic E-state index is 11.5. The minimum Gasteiger partial charge on any atom is -0.486 e. The van der Waals surface area contributed by atoms with Gasteiger partial charge in [0.2, 0.25) is 0 Å². The van der Waals surface area contributed by atoms with Crippen molar-refractivity contribution in [3.8, 4) is 5.75 Å². The zero-order valence-electron chi connectivity index (χ0n) is 11.4. The average molecular weight is 281 g/mol. The van der Waals surface area contributed by atoms with Crippen LogP contribution in [0.25, 0.3) is 0 Å². The second-order valence-corrected chi connectivity index (χ2v) is 4.77. The monoisotopic (exact) mass is 281 g/mol. The number of nitrogens with zero attached hydrogens (tertiary/aromatic N) is 1. The van der Waals surface area contributed by atoms with Crippen LogP contribution in [0.1, 0.15) is 24.2 Å². The SMILES string of the molecule is COC(=O)C(C)(C)COc1ccc(C=O)cc1[N+](=O)[O-]. The van der Waals surface area contributed by atoms with Gasteiger partial charge in [-0.05, 0) is 26.0 Å². The third-order valence-electron chi connectivity index (χ3n) is 2.64. The fourth-order valence-corrected chi connectivity index (χ4v) is 1.47. The topological polar surface area (TPSA) is 95.7 Å². The Morgan fingerprint density at radius 1 is 1.45 bits per heavy atom. The second kappa shape index (κ2) is 6.14. The lowest BCUT2D eigenvalue weighted by Crippen LogP contribution is -2.32. The van der Waals surface area contributed by atoms with Gasteiger partial charge in [-0.2, -0.15) is 0 Å². The van der Waals surface area contributed by atoms with E-state index in [0.29, 0.717) is 6.29 Å². The summed E-state index contributed by atoms with van der Waals surface area (Å²) < 4.78 is 9.95. The van der Waals surface area contributed by atoms with Crippen molar-refractivity contribution < 1.29 is 24.0 Å². The van der Waals surface area contributed by atoms with Crippen LogP contribution in [0.15, 0.2) is 18.2 Å². The first kappa shape index (κ1) is 15.6. The molecule has 0 atom stereocenters. The van der Waals surface area contributed by atoms with Crippen molar-refractivity contribution in [3.05, 3.63) is 33.9 Å². The molecule has 0 saturated heterocycles. The number of carbonyl (C=O) groups is 2. The molecule has 0 radical (unpaired) electrons. The fourth-order valence-electron chi connectivity index (χ4n) is 1.47. The molecule has 0 heterocycles. The Hall–Kier alpha value is -2.44. The molecule has 0 amide bonds. The zero-order chi connectivity index (χ0) is 15.3. The van der Waals surface area contributed by atoms with Crippen molar-refractivity contribution in [2.45, 2.75) is 13.8 Å². The fraction of sp³-hybridized carbons (Fsp3) is 0.385. The number of nitro benzene ring substituents is 1. The van der Waals surface area contributed by atoms with Crippen LogP contribution >= 0.6 is 0 Å². The Labute approximate surface area is 115 Å². The Morgan fingerprint density at radius 3 is 2.60 bits per heavy atom. The molecule has 0 saturated carbocycles. The van der Waals surface area contributed by atoms with Crippen molar-refractivity contribution in [2.24, 2.45) is 5.41 Å². The molecule has 0 N–H and O–H groups in total. The quantitative estimate of drug-likeness (QED) is 0.342. The lowest BCUT2D eigenvalue weighted by molar-refractivity contribution is -0.386. The Balaban J connectivity index is 2.95. The molecule has 7 nitrogen and oxygen atoms in total. The Bertz CT molecular complexity index is 538. The van der Waals surface area contributed by atoms with E-state index in [1.807, 2.05) is 0 Å². The van der Waals surface area contributed by atoms with Crippen LogP contribution in [0.3, 0.4) is 0 Å². The van der Waals surface area contributed by atoms with Gasteiger partial charge < -0.3 is 9.47 Å². The van der Waals surface area contributed by atoms with Crippen LogP contribution in [0, 0.1) is 15.5 Å². The molecule has 0 fully saturated rings. The molecule has 1 aromatic rings. The predicted molar refractivity (Wildman–Crippen MR) is 69.8 cm³/mol. The zero-order valence-corrected chi connectivity index (χ0v) is 11.4. The first-order valence-electron chi connectivity index (χ1n) is 5.76. The van der Waals surface area contributed by atoms with Crippen LogP contribution in [-0.2, 0) is 9.53 Å². The van der Waals surface area contributed by atoms with Gasteiger partial charge in [-0.15, -0.1) is 0 Å². The average Bonchev–Trinajstić information content (AvgIpc) is 2.43. The molecule has 0 unspecified atom stereocenters. The number of hydrogen-bond donors (Lipinski definition) is 0. The van der Waals surface area contributed by atoms with Gasteiger partial charge in [-0.25, -0.2) is 0 Å². The molecule has 0 aliphatic heterocycles. The molecule has 0 bridgehead atoms. The highest BCUT2D eigenvalue weighted by Crippen LogP contribution is 2.29. The van der Waals surface area contributed by atoms with Gasteiger partial charge in [0.15, 0.2) is 5.75 Å². The first-order chi connectivity index (χ1) is 9.31. The van der Waals surface area contributed by atoms with E-state index in [2.05, 4.69) is 4.74 Å². The lowest BCUT2D eigenvalue weighted by Gasteiger charge is -2.21. The van der Waals surface area contributed by atoms with Gasteiger partial charge in [0.1, 0.15) is 12.9 Å². The van der Waals surface area contributed by atoms with Crippen LogP contribution in [0.5, 0.6) is 5.75 Å². The summed E-state index contributed by atoms with van der Waals surface area (Å²) in [6.45, 7) is 3.12. The third-order valence-corrected chi connectivity index (χ3v) is 2.64. The van der Waals surface area contributed by atoms with Crippen LogP contribution in [0.2, 0.25) is 0 Å². The highest BCUT2D eigenvalue weighted by Gasteiger charge is 2.30. The summed E-state index contributed by atoms with van der Waals surface area (Å²) in [5.41, 5.74) is -1.09. The number of rotatable bonds is 6. The van der Waals surface area contributed by atoms with Crippen LogP contribution in [0.4, 0.5) is 5.69 Å². The van der Waals surface area contributed by atoms with Gasteiger partial charge in [-0.3, -0.25) is 19.7 Å². The molecule has 7 heteroatoms. The maximum Gasteiger partial charge on any atom is 0.314 e. The standard InChI is InChI=1S/C13H15NO6/c1-13(2,12(16)19-3)8-20-11-5-4-9(7-15)6-10(11)14(17)18/h4-7H,8H2,1-3H3. The number of esters is 1. The Morgan fingerprint density at radius 2 is 2.10 bits per heavy atom. The lowest BCUT2D eigenvalue weighted by atomic mass is 9.95. The third kappa shape index (κ3) is 3.53. The normalized spacial score (nSPS) is 10.8. The summed E-state index contributed by atoms with van der Waals surface area (Å²) in [6, 6.07) is 3.85. The summed E-state index contributed by atoms with van der Waals surface area (Å²) >= 11 is 0. The smallest absolute Gasteiger partial charge is 0.314 e. The molecule has 0 aliphatic rings. The van der Waals surface area contributed by atoms with E-state index in [1.54, 1.807) is 13.8 Å². The summed E-state index contributed by atoms with van der Waals surface area (Å²) in [4.78, 5) is 32.4. The van der Waals surface area contributed by atoms with Crippen molar-refractivity contribution in [3.63, 3.8) is 0 Å². The maximum atomic E-state index is 11.5. The molecule has 0 aromatic heterocycles. The van der Waals surface area contributed by atoms with Crippen molar-refractivity contribution in [1.82, 2.24) is 0 Å². The molecule has 20 heavy (non-hydrogen) atoms. The largest absolute Gasteiger partial charge is 0.486 e. The molecular weight excluding hydrogens is 266 g/mol. The van der Waals surface area contributed by atoms with E-state index in [9.17, 15) is 19.7 Å². The number of ether oxygens (including phenoxy) is 2. The number of carbonyl (C=O) groups excluding carboxylic acids is 2. The molecular formula is C13H15NO6. The van der Waals surface area contributed by atoms with E-state index in [4.69, 9.17) is 4.74 Å². The minimum absolute atomic E-state index is 0.00224. The summed E-state index contributed by atoms with van der Waals surface area (Å²) in [5.74, 6) is -0.484. The minimum atomic E-state index is -0.939. The highest BCUT2D eigenvalue weighted by atomic mass is 16.6. The number of benzene rings is 1. The van der Waals surface area contributed by atoms with Crippen molar-refractivity contribution >= 4 is 17.9 Å². The van der Waals surface area contributed by atoms with Crippen LogP contribution in [-0.4, -0.2) is 30.9 Å². The summed E-state index contributed by atoms with van der Waals surface area (Å²) in [5, 5.41) is 10.9. The Kier molecular flexibility index (Phi) is 4.79. The van der Waals surface area contributed by atoms with Gasteiger partial charge in [-0.1, -0.05) is 0 Å². The van der Waals surface area contributed by atoms with Gasteiger partial charge in [0, 0.05) is 11.6 Å². The van der Waals surface area contributed by atoms with E-state index in [1.165, 1.54) is 19.2 Å². The number of hydrogen-bond acceptors (Lipinski definition) is 6. The van der Waals surface area contributed by atoms with Gasteiger partial charge in [0.25, 0.3) is 0 Å². The highest BCUT2D eigenvalue weighted by molar-refractivity contribution is 5.77. The molecule has 0 spiro atoms. The molecule has 0 aliphatic carbocycles. The van der Waals surface area contributed by atoms with Crippen molar-refractivity contribution in [2.75, 3.05) is 13.7 Å². The van der Waals surface area contributed by atoms with E-state index >= 15 is 0 Å². The van der Waals surface area contributed by atoms with E-state index in [-0.39, 0.29) is 23.6 Å². The van der Waals surface area contributed by atoms with E-state index < -0.39 is 16.3 Å². The van der Waals surface area contributed by atoms with Gasteiger partial charge in [0.05, 0.1) is 17.4 Å². The first-order valence-corrected chi connectivity index (χ1v) is 5.76. The summed E-state index contributed by atoms with van der Waals surface area (Å²) in [6.07, 6.45) is 0.509. The predicted octanol–water partition coefficient (Wildman–Crippen LogP) is 1.99. The number of nitro groups is 1. The molecule has 1 rings (SSSR count). The van der Waals surface area contributed by atoms with Crippen LogP contribution < -0.4 is 4.74 Å². The second-order valence-electron chi connectivity index (χ2n) is 4.77. The summed E-state index contributed by atoms with van der Waals surface area (Å²) in [7, 11) is 1.26. The number of aldehydes is 1. The molecule has 108 valence electrons. The molecule has 1 aromatic carbocycles. The van der Waals surface area contributed by atoms with E-state index in [0.717, 1.165) is 6.07 Å². The van der Waals surface area contributed by atoms with Gasteiger partial charge >= 0.3 is 11.7 Å².